The molecule has 4 rings (SSSR count). The molecule has 0 aliphatic rings. The molecule has 184 valence electrons. The maximum atomic E-state index is 12.8. The number of nitrogens with zero attached hydrogens (tertiary/aromatic N) is 3. The molecule has 0 atom stereocenters. The number of anilines is 1. The van der Waals surface area contributed by atoms with Crippen LogP contribution in [0.3, 0.4) is 0 Å². The van der Waals surface area contributed by atoms with E-state index in [1.807, 2.05) is 19.9 Å². The molecule has 0 unspecified atom stereocenters. The molecule has 0 saturated carbocycles. The lowest BCUT2D eigenvalue weighted by Gasteiger charge is -2.19. The molecule has 3 aromatic carbocycles. The Kier molecular flexibility index (Phi) is 7.07. The molecule has 0 spiro atoms. The molecule has 0 aliphatic carbocycles. The van der Waals surface area contributed by atoms with Crippen LogP contribution in [0.2, 0.25) is 0 Å². The zero-order chi connectivity index (χ0) is 25.9. The van der Waals surface area contributed by atoms with Crippen LogP contribution < -0.4 is 9.73 Å². The minimum Gasteiger partial charge on any atom is -0.318 e. The lowest BCUT2D eigenvalue weighted by atomic mass is 10.2. The van der Waals surface area contributed by atoms with E-state index in [0.717, 1.165) is 22.6 Å². The quantitative estimate of drug-likeness (QED) is 0.287. The van der Waals surface area contributed by atoms with Crippen molar-refractivity contribution in [2.45, 2.75) is 25.7 Å². The minimum absolute atomic E-state index is 0.199. The molecule has 0 radical (unpaired) electrons. The molecule has 8 heteroatoms. The van der Waals surface area contributed by atoms with Crippen LogP contribution in [0.1, 0.15) is 32.9 Å². The van der Waals surface area contributed by atoms with Crippen LogP contribution in [-0.2, 0) is 10.0 Å². The second kappa shape index (κ2) is 10.2. The first kappa shape index (κ1) is 24.9. The van der Waals surface area contributed by atoms with Crippen LogP contribution in [0.25, 0.3) is 5.69 Å². The van der Waals surface area contributed by atoms with Gasteiger partial charge in [0.15, 0.2) is 0 Å². The van der Waals surface area contributed by atoms with Gasteiger partial charge in [0, 0.05) is 35.2 Å². The lowest BCUT2D eigenvalue weighted by Crippen LogP contribution is -2.26. The number of sulfonamides is 1. The number of hydrogen-bond donors (Lipinski definition) is 1. The summed E-state index contributed by atoms with van der Waals surface area (Å²) in [5.74, 6) is -0.390. The largest absolute Gasteiger partial charge is 0.318 e. The number of aryl methyl sites for hydroxylation is 2. The van der Waals surface area contributed by atoms with Crippen molar-refractivity contribution in [2.75, 3.05) is 11.4 Å². The maximum absolute atomic E-state index is 12.8. The molecule has 1 heterocycles. The lowest BCUT2D eigenvalue weighted by molar-refractivity contribution is 0.0955. The Morgan fingerprint density at radius 1 is 0.917 bits per heavy atom. The van der Waals surface area contributed by atoms with Crippen molar-refractivity contribution in [3.05, 3.63) is 113 Å². The van der Waals surface area contributed by atoms with E-state index >= 15 is 0 Å². The highest BCUT2D eigenvalue weighted by atomic mass is 32.2. The van der Waals surface area contributed by atoms with Crippen molar-refractivity contribution in [3.8, 4) is 5.69 Å². The number of benzene rings is 3. The summed E-state index contributed by atoms with van der Waals surface area (Å²) >= 11 is 0. The molecule has 1 amide bonds. The number of carbonyl (C=O) groups excluding carboxylic acids is 1. The van der Waals surface area contributed by atoms with Gasteiger partial charge in [-0.25, -0.2) is 13.8 Å². The molecule has 0 bridgehead atoms. The molecular formula is C28H28N4O3S. The molecular weight excluding hydrogens is 472 g/mol. The van der Waals surface area contributed by atoms with Gasteiger partial charge in [0.25, 0.3) is 15.9 Å². The average molecular weight is 501 g/mol. The zero-order valence-corrected chi connectivity index (χ0v) is 21.5. The monoisotopic (exact) mass is 500 g/mol. The highest BCUT2D eigenvalue weighted by Crippen LogP contribution is 2.23. The first-order chi connectivity index (χ1) is 17.2. The Hall–Kier alpha value is -4.17. The van der Waals surface area contributed by atoms with Gasteiger partial charge in [-0.1, -0.05) is 35.9 Å². The highest BCUT2D eigenvalue weighted by molar-refractivity contribution is 7.92. The first-order valence-corrected chi connectivity index (χ1v) is 12.9. The van der Waals surface area contributed by atoms with Crippen LogP contribution in [0.4, 0.5) is 5.69 Å². The number of amides is 1. The van der Waals surface area contributed by atoms with E-state index in [4.69, 9.17) is 0 Å². The van der Waals surface area contributed by atoms with E-state index in [1.54, 1.807) is 60.8 Å². The van der Waals surface area contributed by atoms with E-state index in [1.165, 1.54) is 16.9 Å². The number of rotatable bonds is 7. The van der Waals surface area contributed by atoms with Gasteiger partial charge < -0.3 is 4.57 Å². The Morgan fingerprint density at radius 3 is 2.19 bits per heavy atom. The number of carbonyl (C=O) groups is 1. The summed E-state index contributed by atoms with van der Waals surface area (Å²) in [5.41, 5.74) is 8.60. The van der Waals surface area contributed by atoms with Crippen LogP contribution in [0.5, 0.6) is 0 Å². The summed E-state index contributed by atoms with van der Waals surface area (Å²) in [6.07, 6.45) is 1.62. The fourth-order valence-electron chi connectivity index (χ4n) is 3.95. The standard InChI is InChI=1S/C28H28N4O3S/c1-20-10-14-26(15-11-20)32-21(2)18-24(22(32)3)19-29-30-28(33)23-12-16-25(17-13-23)31(4)36(34,35)27-8-6-5-7-9-27/h5-19H,1-4H3,(H,30,33)/b29-19+. The van der Waals surface area contributed by atoms with Crippen molar-refractivity contribution in [1.29, 1.82) is 0 Å². The summed E-state index contributed by atoms with van der Waals surface area (Å²) in [4.78, 5) is 12.8. The molecule has 7 nitrogen and oxygen atoms in total. The van der Waals surface area contributed by atoms with Crippen molar-refractivity contribution in [1.82, 2.24) is 9.99 Å². The average Bonchev–Trinajstić information content (AvgIpc) is 3.17. The van der Waals surface area contributed by atoms with E-state index in [2.05, 4.69) is 46.3 Å². The summed E-state index contributed by atoms with van der Waals surface area (Å²) in [7, 11) is -2.21. The Morgan fingerprint density at radius 2 is 1.56 bits per heavy atom. The first-order valence-electron chi connectivity index (χ1n) is 11.4. The van der Waals surface area contributed by atoms with Gasteiger partial charge in [0.2, 0.25) is 0 Å². The third-order valence-corrected chi connectivity index (χ3v) is 7.83. The summed E-state index contributed by atoms with van der Waals surface area (Å²) in [6.45, 7) is 6.09. The predicted molar refractivity (Wildman–Crippen MR) is 144 cm³/mol. The van der Waals surface area contributed by atoms with Gasteiger partial charge in [-0.15, -0.1) is 0 Å². The van der Waals surface area contributed by atoms with Crippen molar-refractivity contribution >= 4 is 27.8 Å². The normalized spacial score (nSPS) is 11.6. The van der Waals surface area contributed by atoms with Crippen molar-refractivity contribution in [2.24, 2.45) is 5.10 Å². The number of hydrazone groups is 1. The molecule has 0 aliphatic heterocycles. The fourth-order valence-corrected chi connectivity index (χ4v) is 5.16. The number of hydrogen-bond acceptors (Lipinski definition) is 4. The molecule has 36 heavy (non-hydrogen) atoms. The van der Waals surface area contributed by atoms with Gasteiger partial charge in [0.1, 0.15) is 0 Å². The van der Waals surface area contributed by atoms with E-state index in [-0.39, 0.29) is 4.90 Å². The fraction of sp³-hybridized carbons (Fsp3) is 0.143. The van der Waals surface area contributed by atoms with Gasteiger partial charge in [0.05, 0.1) is 16.8 Å². The Balaban J connectivity index is 1.44. The Bertz CT molecular complexity index is 1510. The van der Waals surface area contributed by atoms with Crippen molar-refractivity contribution < 1.29 is 13.2 Å². The van der Waals surface area contributed by atoms with E-state index < -0.39 is 15.9 Å². The van der Waals surface area contributed by atoms with E-state index in [0.29, 0.717) is 11.3 Å². The van der Waals surface area contributed by atoms with E-state index in [9.17, 15) is 13.2 Å². The van der Waals surface area contributed by atoms with Gasteiger partial charge in [-0.3, -0.25) is 9.10 Å². The molecule has 4 aromatic rings. The van der Waals surface area contributed by atoms with Crippen molar-refractivity contribution in [3.63, 3.8) is 0 Å². The number of aromatic nitrogens is 1. The predicted octanol–water partition coefficient (Wildman–Crippen LogP) is 4.99. The second-order valence-electron chi connectivity index (χ2n) is 8.53. The molecule has 0 saturated heterocycles. The highest BCUT2D eigenvalue weighted by Gasteiger charge is 2.21. The summed E-state index contributed by atoms with van der Waals surface area (Å²) in [6, 6.07) is 24.8. The SMILES string of the molecule is Cc1ccc(-n2c(C)cc(/C=N/NC(=O)c3ccc(N(C)S(=O)(=O)c4ccccc4)cc3)c2C)cc1. The zero-order valence-electron chi connectivity index (χ0n) is 20.6. The van der Waals surface area contributed by atoms with Gasteiger partial charge >= 0.3 is 0 Å². The van der Waals surface area contributed by atoms with Crippen LogP contribution in [0, 0.1) is 20.8 Å². The third kappa shape index (κ3) is 5.08. The molecule has 1 aromatic heterocycles. The second-order valence-corrected chi connectivity index (χ2v) is 10.5. The third-order valence-electron chi connectivity index (χ3n) is 6.03. The van der Waals surface area contributed by atoms with Crippen LogP contribution in [0.15, 0.2) is 94.9 Å². The smallest absolute Gasteiger partial charge is 0.271 e. The topological polar surface area (TPSA) is 83.8 Å². The minimum atomic E-state index is -3.69. The van der Waals surface area contributed by atoms with Gasteiger partial charge in [-0.05, 0) is 75.4 Å². The van der Waals surface area contributed by atoms with Crippen LogP contribution in [-0.4, -0.2) is 32.2 Å². The molecule has 0 fully saturated rings. The maximum Gasteiger partial charge on any atom is 0.271 e. The Labute approximate surface area is 211 Å². The summed E-state index contributed by atoms with van der Waals surface area (Å²) in [5, 5.41) is 4.13. The summed E-state index contributed by atoms with van der Waals surface area (Å²) < 4.78 is 29.0. The molecule has 1 N–H and O–H groups in total. The van der Waals surface area contributed by atoms with Gasteiger partial charge in [-0.2, -0.15) is 5.10 Å². The van der Waals surface area contributed by atoms with Crippen LogP contribution >= 0.6 is 0 Å². The number of nitrogens with one attached hydrogen (secondary N) is 1.